The van der Waals surface area contributed by atoms with Crippen LogP contribution in [0.15, 0.2) is 54.6 Å². The largest absolute Gasteiger partial charge is 0.481 e. The lowest BCUT2D eigenvalue weighted by molar-refractivity contribution is -0.136. The Bertz CT molecular complexity index is 825. The molecule has 0 amide bonds. The lowest BCUT2D eigenvalue weighted by Crippen LogP contribution is -2.08. The fraction of sp³-hybridized carbons (Fsp3) is 0.158. The van der Waals surface area contributed by atoms with Gasteiger partial charge in [0.05, 0.1) is 11.9 Å². The summed E-state index contributed by atoms with van der Waals surface area (Å²) in [5, 5.41) is 10.3. The third-order valence-corrected chi connectivity index (χ3v) is 3.87. The standard InChI is InChI=1S/C19H17NO2/c1-13-16(12-19(21)22)17(11-14-7-3-2-4-8-14)15-9-5-6-10-18(15)20-13/h2-10H,11-12H2,1H3,(H,21,22). The summed E-state index contributed by atoms with van der Waals surface area (Å²) in [5.74, 6) is -0.825. The molecule has 3 heteroatoms. The second kappa shape index (κ2) is 5.98. The molecule has 0 fully saturated rings. The van der Waals surface area contributed by atoms with Crippen molar-refractivity contribution in [3.8, 4) is 0 Å². The molecule has 0 aliphatic carbocycles. The maximum absolute atomic E-state index is 11.2. The van der Waals surface area contributed by atoms with Crippen LogP contribution in [-0.2, 0) is 17.6 Å². The molecule has 0 atom stereocenters. The van der Waals surface area contributed by atoms with E-state index in [1.807, 2.05) is 49.4 Å². The number of rotatable bonds is 4. The van der Waals surface area contributed by atoms with E-state index < -0.39 is 5.97 Å². The molecule has 1 aromatic heterocycles. The number of hydrogen-bond donors (Lipinski definition) is 1. The SMILES string of the molecule is Cc1nc2ccccc2c(Cc2ccccc2)c1CC(=O)O. The van der Waals surface area contributed by atoms with Gasteiger partial charge in [-0.15, -0.1) is 0 Å². The number of nitrogens with zero attached hydrogens (tertiary/aromatic N) is 1. The van der Waals surface area contributed by atoms with Gasteiger partial charge < -0.3 is 5.11 Å². The summed E-state index contributed by atoms with van der Waals surface area (Å²) in [7, 11) is 0. The molecular weight excluding hydrogens is 274 g/mol. The number of aliphatic carboxylic acids is 1. The second-order valence-corrected chi connectivity index (χ2v) is 5.40. The van der Waals surface area contributed by atoms with Gasteiger partial charge >= 0.3 is 5.97 Å². The minimum Gasteiger partial charge on any atom is -0.481 e. The summed E-state index contributed by atoms with van der Waals surface area (Å²) >= 11 is 0. The Morgan fingerprint density at radius 3 is 2.41 bits per heavy atom. The fourth-order valence-corrected chi connectivity index (χ4v) is 2.84. The topological polar surface area (TPSA) is 50.2 Å². The highest BCUT2D eigenvalue weighted by Gasteiger charge is 2.15. The van der Waals surface area contributed by atoms with Gasteiger partial charge in [0, 0.05) is 11.1 Å². The number of carboxylic acids is 1. The Kier molecular flexibility index (Phi) is 3.88. The molecular formula is C19H17NO2. The van der Waals surface area contributed by atoms with Crippen molar-refractivity contribution in [1.29, 1.82) is 0 Å². The fourth-order valence-electron chi connectivity index (χ4n) is 2.84. The molecule has 2 aromatic carbocycles. The molecule has 3 aromatic rings. The zero-order valence-corrected chi connectivity index (χ0v) is 12.4. The lowest BCUT2D eigenvalue weighted by atomic mass is 9.93. The highest BCUT2D eigenvalue weighted by atomic mass is 16.4. The van der Waals surface area contributed by atoms with Crippen molar-refractivity contribution in [3.05, 3.63) is 77.0 Å². The molecule has 0 aliphatic heterocycles. The number of hydrogen-bond acceptors (Lipinski definition) is 2. The monoisotopic (exact) mass is 291 g/mol. The van der Waals surface area contributed by atoms with Gasteiger partial charge in [-0.05, 0) is 36.1 Å². The molecule has 22 heavy (non-hydrogen) atoms. The number of pyridine rings is 1. The number of aryl methyl sites for hydroxylation is 1. The van der Waals surface area contributed by atoms with Gasteiger partial charge in [-0.3, -0.25) is 9.78 Å². The first kappa shape index (κ1) is 14.3. The maximum atomic E-state index is 11.2. The second-order valence-electron chi connectivity index (χ2n) is 5.40. The van der Waals surface area contributed by atoms with Crippen molar-refractivity contribution in [2.45, 2.75) is 19.8 Å². The minimum atomic E-state index is -0.825. The van der Waals surface area contributed by atoms with Crippen LogP contribution in [0.4, 0.5) is 0 Å². The Hall–Kier alpha value is -2.68. The summed E-state index contributed by atoms with van der Waals surface area (Å²) in [4.78, 5) is 15.8. The van der Waals surface area contributed by atoms with Crippen molar-refractivity contribution in [2.24, 2.45) is 0 Å². The molecule has 3 rings (SSSR count). The normalized spacial score (nSPS) is 10.8. The first-order chi connectivity index (χ1) is 10.6. The van der Waals surface area contributed by atoms with Gasteiger partial charge in [-0.2, -0.15) is 0 Å². The van der Waals surface area contributed by atoms with Crippen LogP contribution in [0, 0.1) is 6.92 Å². The van der Waals surface area contributed by atoms with Gasteiger partial charge in [0.25, 0.3) is 0 Å². The van der Waals surface area contributed by atoms with E-state index in [1.165, 1.54) is 5.56 Å². The molecule has 0 radical (unpaired) electrons. The predicted octanol–water partition coefficient (Wildman–Crippen LogP) is 3.76. The van der Waals surface area contributed by atoms with Crippen LogP contribution in [0.1, 0.15) is 22.4 Å². The van der Waals surface area contributed by atoms with Crippen LogP contribution < -0.4 is 0 Å². The van der Waals surface area contributed by atoms with Crippen LogP contribution in [0.2, 0.25) is 0 Å². The molecule has 1 N–H and O–H groups in total. The molecule has 1 heterocycles. The van der Waals surface area contributed by atoms with Crippen molar-refractivity contribution in [2.75, 3.05) is 0 Å². The number of benzene rings is 2. The van der Waals surface area contributed by atoms with E-state index in [2.05, 4.69) is 17.1 Å². The molecule has 0 unspecified atom stereocenters. The van der Waals surface area contributed by atoms with E-state index in [-0.39, 0.29) is 6.42 Å². The molecule has 110 valence electrons. The first-order valence-corrected chi connectivity index (χ1v) is 7.28. The van der Waals surface area contributed by atoms with Crippen LogP contribution in [0.3, 0.4) is 0 Å². The van der Waals surface area contributed by atoms with Gasteiger partial charge in [0.1, 0.15) is 0 Å². The molecule has 0 spiro atoms. The number of carboxylic acid groups (broad SMARTS) is 1. The smallest absolute Gasteiger partial charge is 0.307 e. The first-order valence-electron chi connectivity index (χ1n) is 7.28. The van der Waals surface area contributed by atoms with Gasteiger partial charge in [0.2, 0.25) is 0 Å². The molecule has 3 nitrogen and oxygen atoms in total. The summed E-state index contributed by atoms with van der Waals surface area (Å²) < 4.78 is 0. The van der Waals surface area contributed by atoms with Gasteiger partial charge in [-0.1, -0.05) is 48.5 Å². The Morgan fingerprint density at radius 2 is 1.68 bits per heavy atom. The van der Waals surface area contributed by atoms with Crippen LogP contribution in [0.25, 0.3) is 10.9 Å². The van der Waals surface area contributed by atoms with E-state index in [0.29, 0.717) is 6.42 Å². The van der Waals surface area contributed by atoms with Crippen molar-refractivity contribution in [1.82, 2.24) is 4.98 Å². The van der Waals surface area contributed by atoms with Crippen LogP contribution >= 0.6 is 0 Å². The summed E-state index contributed by atoms with van der Waals surface area (Å²) in [6, 6.07) is 18.0. The number of carbonyl (C=O) groups is 1. The van der Waals surface area contributed by atoms with Gasteiger partial charge in [0.15, 0.2) is 0 Å². The van der Waals surface area contributed by atoms with Crippen molar-refractivity contribution >= 4 is 16.9 Å². The zero-order chi connectivity index (χ0) is 15.5. The van der Waals surface area contributed by atoms with E-state index in [4.69, 9.17) is 0 Å². The average Bonchev–Trinajstić information content (AvgIpc) is 2.51. The quantitative estimate of drug-likeness (QED) is 0.796. The Morgan fingerprint density at radius 1 is 1.00 bits per heavy atom. The number of fused-ring (bicyclic) bond motifs is 1. The zero-order valence-electron chi connectivity index (χ0n) is 12.4. The van der Waals surface area contributed by atoms with Crippen LogP contribution in [-0.4, -0.2) is 16.1 Å². The highest BCUT2D eigenvalue weighted by molar-refractivity contribution is 5.85. The highest BCUT2D eigenvalue weighted by Crippen LogP contribution is 2.26. The average molecular weight is 291 g/mol. The van der Waals surface area contributed by atoms with E-state index in [1.54, 1.807) is 0 Å². The maximum Gasteiger partial charge on any atom is 0.307 e. The molecule has 0 saturated carbocycles. The molecule has 0 aliphatic rings. The molecule has 0 bridgehead atoms. The third kappa shape index (κ3) is 2.84. The van der Waals surface area contributed by atoms with Crippen molar-refractivity contribution < 1.29 is 9.90 Å². The van der Waals surface area contributed by atoms with Crippen LogP contribution in [0.5, 0.6) is 0 Å². The number of aromatic nitrogens is 1. The molecule has 0 saturated heterocycles. The summed E-state index contributed by atoms with van der Waals surface area (Å²) in [6.45, 7) is 1.89. The summed E-state index contributed by atoms with van der Waals surface area (Å²) in [5.41, 5.74) is 4.78. The minimum absolute atomic E-state index is 0.00579. The van der Waals surface area contributed by atoms with E-state index >= 15 is 0 Å². The number of para-hydroxylation sites is 1. The van der Waals surface area contributed by atoms with E-state index in [0.717, 1.165) is 27.7 Å². The van der Waals surface area contributed by atoms with Crippen molar-refractivity contribution in [3.63, 3.8) is 0 Å². The summed E-state index contributed by atoms with van der Waals surface area (Å²) in [6.07, 6.45) is 0.721. The van der Waals surface area contributed by atoms with Gasteiger partial charge in [-0.25, -0.2) is 0 Å². The predicted molar refractivity (Wildman–Crippen MR) is 87.1 cm³/mol. The Balaban J connectivity index is 2.20. The van der Waals surface area contributed by atoms with E-state index in [9.17, 15) is 9.90 Å². The third-order valence-electron chi connectivity index (χ3n) is 3.87. The lowest BCUT2D eigenvalue weighted by Gasteiger charge is -2.14. The Labute approximate surface area is 129 Å².